The number of primary amides is 1. The van der Waals surface area contributed by atoms with Gasteiger partial charge in [0.15, 0.2) is 0 Å². The summed E-state index contributed by atoms with van der Waals surface area (Å²) in [7, 11) is 0. The van der Waals surface area contributed by atoms with Crippen LogP contribution in [-0.4, -0.2) is 86.6 Å². The number of carbonyl (C=O) groups is 5. The molecule has 0 aliphatic heterocycles. The second-order valence-corrected chi connectivity index (χ2v) is 8.02. The first-order valence-electron chi connectivity index (χ1n) is 11.0. The van der Waals surface area contributed by atoms with Gasteiger partial charge in [0.25, 0.3) is 0 Å². The van der Waals surface area contributed by atoms with Crippen molar-refractivity contribution in [3.05, 3.63) is 18.2 Å². The Kier molecular flexibility index (Phi) is 12.3. The van der Waals surface area contributed by atoms with E-state index >= 15 is 0 Å². The lowest BCUT2D eigenvalue weighted by molar-refractivity contribution is -0.142. The molecule has 0 radical (unpaired) electrons. The van der Waals surface area contributed by atoms with E-state index in [0.29, 0.717) is 25.1 Å². The number of hydrogen-bond acceptors (Lipinski definition) is 9. The van der Waals surface area contributed by atoms with Crippen molar-refractivity contribution in [2.75, 3.05) is 6.54 Å². The number of carboxylic acids is 1. The summed E-state index contributed by atoms with van der Waals surface area (Å²) in [5, 5.41) is 26.0. The number of rotatable bonds is 16. The van der Waals surface area contributed by atoms with Crippen LogP contribution < -0.4 is 33.2 Å². The number of aromatic amines is 1. The third-order valence-electron chi connectivity index (χ3n) is 5.03. The molecule has 5 atom stereocenters. The third-order valence-corrected chi connectivity index (χ3v) is 5.03. The number of aliphatic hydroxyl groups excluding tert-OH is 1. The Balaban J connectivity index is 3.05. The summed E-state index contributed by atoms with van der Waals surface area (Å²) >= 11 is 0. The number of aliphatic carboxylic acids is 1. The molecule has 1 aromatic rings. The molecule has 0 aromatic carbocycles. The molecule has 0 saturated carbocycles. The standard InChI is InChI=1S/C20H34N8O7/c1-10(29)16(23)19(33)28-14(7-15(22)30)18(32)27-13(6-11-8-24-9-25-11)17(31)26-12(20(34)35)4-2-3-5-21/h8-10,12-14,16,29H,2-7,21,23H2,1H3,(H2,22,30)(H,24,25)(H,26,31)(H,27,32)(H,28,33)(H,34,35). The monoisotopic (exact) mass is 498 g/mol. The molecule has 12 N–H and O–H groups in total. The number of amides is 4. The number of carboxylic acid groups (broad SMARTS) is 1. The van der Waals surface area contributed by atoms with Crippen LogP contribution in [-0.2, 0) is 30.4 Å². The number of H-pyrrole nitrogens is 1. The lowest BCUT2D eigenvalue weighted by atomic mass is 10.1. The largest absolute Gasteiger partial charge is 0.480 e. The minimum atomic E-state index is -1.50. The number of imidazole rings is 1. The van der Waals surface area contributed by atoms with Crippen molar-refractivity contribution in [2.24, 2.45) is 17.2 Å². The summed E-state index contributed by atoms with van der Waals surface area (Å²) in [6.45, 7) is 1.63. The van der Waals surface area contributed by atoms with Gasteiger partial charge in [-0.25, -0.2) is 9.78 Å². The first-order chi connectivity index (χ1) is 16.5. The van der Waals surface area contributed by atoms with E-state index in [1.165, 1.54) is 19.4 Å². The molecule has 5 unspecified atom stereocenters. The van der Waals surface area contributed by atoms with Gasteiger partial charge in [-0.2, -0.15) is 0 Å². The highest BCUT2D eigenvalue weighted by molar-refractivity contribution is 5.96. The second kappa shape index (κ2) is 14.6. The lowest BCUT2D eigenvalue weighted by Crippen LogP contribution is -2.59. The number of nitrogens with one attached hydrogen (secondary N) is 4. The van der Waals surface area contributed by atoms with Crippen molar-refractivity contribution in [3.8, 4) is 0 Å². The molecule has 0 bridgehead atoms. The fourth-order valence-corrected chi connectivity index (χ4v) is 3.02. The molecule has 1 rings (SSSR count). The Morgan fingerprint density at radius 3 is 2.14 bits per heavy atom. The smallest absolute Gasteiger partial charge is 0.326 e. The summed E-state index contributed by atoms with van der Waals surface area (Å²) < 4.78 is 0. The molecule has 1 aromatic heterocycles. The number of nitrogens with zero attached hydrogens (tertiary/aromatic N) is 1. The highest BCUT2D eigenvalue weighted by Gasteiger charge is 2.32. The number of hydrogen-bond donors (Lipinski definition) is 9. The van der Waals surface area contributed by atoms with Crippen molar-refractivity contribution >= 4 is 29.6 Å². The normalized spacial score (nSPS) is 15.2. The van der Waals surface area contributed by atoms with Gasteiger partial charge in [-0.15, -0.1) is 0 Å². The van der Waals surface area contributed by atoms with Crippen LogP contribution in [0.3, 0.4) is 0 Å². The van der Waals surface area contributed by atoms with Crippen molar-refractivity contribution < 1.29 is 34.2 Å². The fourth-order valence-electron chi connectivity index (χ4n) is 3.02. The van der Waals surface area contributed by atoms with Gasteiger partial charge >= 0.3 is 5.97 Å². The van der Waals surface area contributed by atoms with Crippen LogP contribution >= 0.6 is 0 Å². The zero-order valence-electron chi connectivity index (χ0n) is 19.4. The number of unbranched alkanes of at least 4 members (excludes halogenated alkanes) is 1. The topological polar surface area (TPSA) is 269 Å². The van der Waals surface area contributed by atoms with Crippen LogP contribution in [0.4, 0.5) is 0 Å². The molecule has 0 spiro atoms. The first-order valence-corrected chi connectivity index (χ1v) is 11.0. The minimum absolute atomic E-state index is 0.100. The van der Waals surface area contributed by atoms with E-state index in [-0.39, 0.29) is 12.8 Å². The Morgan fingerprint density at radius 1 is 1.03 bits per heavy atom. The quantitative estimate of drug-likeness (QED) is 0.100. The van der Waals surface area contributed by atoms with Gasteiger partial charge in [0, 0.05) is 18.3 Å². The number of aliphatic hydroxyl groups is 1. The van der Waals surface area contributed by atoms with Crippen molar-refractivity contribution in [3.63, 3.8) is 0 Å². The van der Waals surface area contributed by atoms with E-state index in [1.807, 2.05) is 0 Å². The average Bonchev–Trinajstić information content (AvgIpc) is 3.29. The van der Waals surface area contributed by atoms with E-state index in [2.05, 4.69) is 25.9 Å². The van der Waals surface area contributed by atoms with Gasteiger partial charge in [0.2, 0.25) is 23.6 Å². The van der Waals surface area contributed by atoms with Crippen LogP contribution in [0.5, 0.6) is 0 Å². The van der Waals surface area contributed by atoms with Gasteiger partial charge < -0.3 is 48.3 Å². The molecule has 35 heavy (non-hydrogen) atoms. The molecule has 0 aliphatic carbocycles. The van der Waals surface area contributed by atoms with Crippen molar-refractivity contribution in [1.82, 2.24) is 25.9 Å². The van der Waals surface area contributed by atoms with E-state index in [0.717, 1.165) is 0 Å². The lowest BCUT2D eigenvalue weighted by Gasteiger charge is -2.25. The predicted molar refractivity (Wildman–Crippen MR) is 122 cm³/mol. The highest BCUT2D eigenvalue weighted by Crippen LogP contribution is 2.05. The molecular formula is C20H34N8O7. The zero-order chi connectivity index (χ0) is 26.5. The molecule has 4 amide bonds. The average molecular weight is 499 g/mol. The SMILES string of the molecule is CC(O)C(N)C(=O)NC(CC(N)=O)C(=O)NC(Cc1cnc[nH]1)C(=O)NC(CCCCN)C(=O)O. The Labute approximate surface area is 201 Å². The van der Waals surface area contributed by atoms with Crippen LogP contribution in [0.25, 0.3) is 0 Å². The molecule has 15 nitrogen and oxygen atoms in total. The molecule has 0 aliphatic rings. The summed E-state index contributed by atoms with van der Waals surface area (Å²) in [6.07, 6.45) is 1.97. The first kappa shape index (κ1) is 29.5. The maximum absolute atomic E-state index is 12.9. The number of aromatic nitrogens is 2. The summed E-state index contributed by atoms with van der Waals surface area (Å²) in [4.78, 5) is 67.7. The maximum atomic E-state index is 12.9. The van der Waals surface area contributed by atoms with Gasteiger partial charge in [-0.05, 0) is 32.7 Å². The van der Waals surface area contributed by atoms with E-state index in [9.17, 15) is 34.2 Å². The van der Waals surface area contributed by atoms with Crippen LogP contribution in [0, 0.1) is 0 Å². The highest BCUT2D eigenvalue weighted by atomic mass is 16.4. The van der Waals surface area contributed by atoms with Crippen LogP contribution in [0.2, 0.25) is 0 Å². The zero-order valence-corrected chi connectivity index (χ0v) is 19.4. The Morgan fingerprint density at radius 2 is 1.63 bits per heavy atom. The Hall–Kier alpha value is -3.56. The van der Waals surface area contributed by atoms with Crippen molar-refractivity contribution in [1.29, 1.82) is 0 Å². The third kappa shape index (κ3) is 10.5. The Bertz CT molecular complexity index is 862. The van der Waals surface area contributed by atoms with Gasteiger partial charge in [0.1, 0.15) is 24.2 Å². The number of nitrogens with two attached hydrogens (primary N) is 3. The molecule has 0 fully saturated rings. The summed E-state index contributed by atoms with van der Waals surface area (Å²) in [5.41, 5.74) is 16.6. The summed E-state index contributed by atoms with van der Waals surface area (Å²) in [6, 6.07) is -5.40. The van der Waals surface area contributed by atoms with Crippen molar-refractivity contribution in [2.45, 2.75) is 69.3 Å². The molecular weight excluding hydrogens is 464 g/mol. The molecule has 196 valence electrons. The molecule has 1 heterocycles. The number of carbonyl (C=O) groups excluding carboxylic acids is 4. The van der Waals surface area contributed by atoms with Gasteiger partial charge in [-0.3, -0.25) is 19.2 Å². The van der Waals surface area contributed by atoms with Gasteiger partial charge in [0.05, 0.1) is 18.9 Å². The predicted octanol–water partition coefficient (Wildman–Crippen LogP) is -3.80. The maximum Gasteiger partial charge on any atom is 0.326 e. The van der Waals surface area contributed by atoms with Crippen LogP contribution in [0.15, 0.2) is 12.5 Å². The molecule has 0 saturated heterocycles. The van der Waals surface area contributed by atoms with E-state index in [4.69, 9.17) is 17.2 Å². The minimum Gasteiger partial charge on any atom is -0.480 e. The van der Waals surface area contributed by atoms with Gasteiger partial charge in [-0.1, -0.05) is 0 Å². The summed E-state index contributed by atoms with van der Waals surface area (Å²) in [5.74, 6) is -4.84. The molecule has 15 heteroatoms. The fraction of sp³-hybridized carbons (Fsp3) is 0.600. The van der Waals surface area contributed by atoms with E-state index in [1.54, 1.807) is 0 Å². The van der Waals surface area contributed by atoms with E-state index < -0.39 is 66.3 Å². The van der Waals surface area contributed by atoms with Crippen LogP contribution in [0.1, 0.15) is 38.3 Å². The second-order valence-electron chi connectivity index (χ2n) is 8.02.